The predicted molar refractivity (Wildman–Crippen MR) is 80.7 cm³/mol. The van der Waals surface area contributed by atoms with Gasteiger partial charge >= 0.3 is 5.97 Å². The van der Waals surface area contributed by atoms with E-state index in [1.807, 2.05) is 37.3 Å². The second-order valence-corrected chi connectivity index (χ2v) is 5.00. The molecule has 22 heavy (non-hydrogen) atoms. The van der Waals surface area contributed by atoms with Gasteiger partial charge in [-0.1, -0.05) is 24.3 Å². The first kappa shape index (κ1) is 13.9. The van der Waals surface area contributed by atoms with E-state index in [2.05, 4.69) is 15.2 Å². The summed E-state index contributed by atoms with van der Waals surface area (Å²) in [5.74, 6) is -0.0650. The quantitative estimate of drug-likeness (QED) is 0.798. The number of aryl methyl sites for hydroxylation is 1. The molecule has 6 heteroatoms. The zero-order chi connectivity index (χ0) is 15.5. The standard InChI is InChI=1S/C16H14N4O2/c1-11-5-14(8-17-16(11)20-9-18-19-10-20)13-4-2-3-12(6-13)7-15(21)22/h2-6,8-10H,7H2,1H3,(H,21,22). The van der Waals surface area contributed by atoms with Gasteiger partial charge in [0, 0.05) is 11.8 Å². The maximum atomic E-state index is 10.8. The fourth-order valence-corrected chi connectivity index (χ4v) is 2.34. The Hall–Kier alpha value is -3.02. The Labute approximate surface area is 127 Å². The average Bonchev–Trinajstić information content (AvgIpc) is 3.00. The average molecular weight is 294 g/mol. The number of hydrogen-bond acceptors (Lipinski definition) is 4. The SMILES string of the molecule is Cc1cc(-c2cccc(CC(=O)O)c2)cnc1-n1cnnc1. The first-order chi connectivity index (χ1) is 10.6. The van der Waals surface area contributed by atoms with Gasteiger partial charge in [0.05, 0.1) is 6.42 Å². The van der Waals surface area contributed by atoms with Crippen LogP contribution in [0.2, 0.25) is 0 Å². The number of carbonyl (C=O) groups is 1. The molecule has 0 aliphatic rings. The lowest BCUT2D eigenvalue weighted by Gasteiger charge is -2.08. The number of carboxylic acid groups (broad SMARTS) is 1. The van der Waals surface area contributed by atoms with Gasteiger partial charge in [0.15, 0.2) is 0 Å². The first-order valence-corrected chi connectivity index (χ1v) is 6.76. The summed E-state index contributed by atoms with van der Waals surface area (Å²) in [5.41, 5.74) is 3.65. The van der Waals surface area contributed by atoms with Crippen molar-refractivity contribution in [1.82, 2.24) is 19.7 Å². The topological polar surface area (TPSA) is 80.9 Å². The van der Waals surface area contributed by atoms with E-state index in [4.69, 9.17) is 5.11 Å². The van der Waals surface area contributed by atoms with E-state index in [1.165, 1.54) is 0 Å². The molecule has 0 atom stereocenters. The normalized spacial score (nSPS) is 10.6. The van der Waals surface area contributed by atoms with Crippen molar-refractivity contribution in [1.29, 1.82) is 0 Å². The molecule has 0 bridgehead atoms. The van der Waals surface area contributed by atoms with Crippen molar-refractivity contribution < 1.29 is 9.90 Å². The Kier molecular flexibility index (Phi) is 3.65. The molecular formula is C16H14N4O2. The maximum Gasteiger partial charge on any atom is 0.307 e. The largest absolute Gasteiger partial charge is 0.481 e. The minimum Gasteiger partial charge on any atom is -0.481 e. The second kappa shape index (κ2) is 5.77. The molecule has 3 aromatic rings. The molecule has 6 nitrogen and oxygen atoms in total. The van der Waals surface area contributed by atoms with E-state index >= 15 is 0 Å². The summed E-state index contributed by atoms with van der Waals surface area (Å²) >= 11 is 0. The van der Waals surface area contributed by atoms with Crippen molar-refractivity contribution in [3.63, 3.8) is 0 Å². The van der Waals surface area contributed by atoms with Crippen LogP contribution in [0.3, 0.4) is 0 Å². The third kappa shape index (κ3) is 2.85. The third-order valence-electron chi connectivity index (χ3n) is 3.33. The molecule has 3 rings (SSSR count). The predicted octanol–water partition coefficient (Wildman–Crippen LogP) is 2.26. The van der Waals surface area contributed by atoms with E-state index in [0.29, 0.717) is 0 Å². The van der Waals surface area contributed by atoms with Gasteiger partial charge in [-0.2, -0.15) is 0 Å². The molecule has 0 fully saturated rings. The number of pyridine rings is 1. The van der Waals surface area contributed by atoms with Gasteiger partial charge < -0.3 is 5.11 Å². The fraction of sp³-hybridized carbons (Fsp3) is 0.125. The van der Waals surface area contributed by atoms with Crippen molar-refractivity contribution in [2.45, 2.75) is 13.3 Å². The Morgan fingerprint density at radius 1 is 1.18 bits per heavy atom. The van der Waals surface area contributed by atoms with Gasteiger partial charge in [0.25, 0.3) is 0 Å². The lowest BCUT2D eigenvalue weighted by Crippen LogP contribution is -2.00. The highest BCUT2D eigenvalue weighted by Crippen LogP contribution is 2.23. The Morgan fingerprint density at radius 3 is 2.64 bits per heavy atom. The molecule has 0 saturated heterocycles. The van der Waals surface area contributed by atoms with Crippen LogP contribution >= 0.6 is 0 Å². The van der Waals surface area contributed by atoms with Crippen molar-refractivity contribution in [3.05, 3.63) is 60.3 Å². The van der Waals surface area contributed by atoms with Crippen molar-refractivity contribution >= 4 is 5.97 Å². The number of aromatic nitrogens is 4. The summed E-state index contributed by atoms with van der Waals surface area (Å²) in [6.45, 7) is 1.97. The molecule has 0 spiro atoms. The summed E-state index contributed by atoms with van der Waals surface area (Å²) in [7, 11) is 0. The molecule has 0 aliphatic heterocycles. The molecule has 0 saturated carbocycles. The highest BCUT2D eigenvalue weighted by Gasteiger charge is 2.07. The van der Waals surface area contributed by atoms with Gasteiger partial charge in [-0.3, -0.25) is 9.36 Å². The van der Waals surface area contributed by atoms with Gasteiger partial charge in [-0.15, -0.1) is 10.2 Å². The van der Waals surface area contributed by atoms with Crippen molar-refractivity contribution in [2.24, 2.45) is 0 Å². The van der Waals surface area contributed by atoms with E-state index in [1.54, 1.807) is 23.4 Å². The van der Waals surface area contributed by atoms with Gasteiger partial charge in [0.2, 0.25) is 0 Å². The minimum atomic E-state index is -0.839. The summed E-state index contributed by atoms with van der Waals surface area (Å²) in [4.78, 5) is 15.3. The second-order valence-electron chi connectivity index (χ2n) is 5.00. The number of benzene rings is 1. The van der Waals surface area contributed by atoms with Crippen LogP contribution in [0.15, 0.2) is 49.2 Å². The van der Waals surface area contributed by atoms with Crippen LogP contribution < -0.4 is 0 Å². The molecule has 0 unspecified atom stereocenters. The molecule has 2 aromatic heterocycles. The summed E-state index contributed by atoms with van der Waals surface area (Å²) in [5, 5.41) is 16.4. The van der Waals surface area contributed by atoms with E-state index < -0.39 is 5.97 Å². The molecule has 0 amide bonds. The van der Waals surface area contributed by atoms with Crippen molar-refractivity contribution in [3.8, 4) is 16.9 Å². The highest BCUT2D eigenvalue weighted by atomic mass is 16.4. The van der Waals surface area contributed by atoms with Gasteiger partial charge in [0.1, 0.15) is 18.5 Å². The number of nitrogens with zero attached hydrogens (tertiary/aromatic N) is 4. The lowest BCUT2D eigenvalue weighted by atomic mass is 10.0. The monoisotopic (exact) mass is 294 g/mol. The molecule has 1 N–H and O–H groups in total. The summed E-state index contributed by atoms with van der Waals surface area (Å²) < 4.78 is 1.75. The third-order valence-corrected chi connectivity index (χ3v) is 3.33. The fourth-order valence-electron chi connectivity index (χ4n) is 2.34. The van der Waals surface area contributed by atoms with Crippen LogP contribution in [0.5, 0.6) is 0 Å². The Bertz CT molecular complexity index is 813. The summed E-state index contributed by atoms with van der Waals surface area (Å²) in [6.07, 6.45) is 4.98. The highest BCUT2D eigenvalue weighted by molar-refractivity contribution is 5.72. The van der Waals surface area contributed by atoms with Crippen molar-refractivity contribution in [2.75, 3.05) is 0 Å². The zero-order valence-electron chi connectivity index (χ0n) is 12.0. The van der Waals surface area contributed by atoms with E-state index in [0.717, 1.165) is 28.1 Å². The number of rotatable bonds is 4. The lowest BCUT2D eigenvalue weighted by molar-refractivity contribution is -0.136. The van der Waals surface area contributed by atoms with E-state index in [-0.39, 0.29) is 6.42 Å². The zero-order valence-corrected chi connectivity index (χ0v) is 12.0. The van der Waals surface area contributed by atoms with Gasteiger partial charge in [-0.05, 0) is 29.7 Å². The number of aliphatic carboxylic acids is 1. The molecule has 0 radical (unpaired) electrons. The van der Waals surface area contributed by atoms with E-state index in [9.17, 15) is 4.79 Å². The van der Waals surface area contributed by atoms with Crippen LogP contribution in [0, 0.1) is 6.92 Å². The number of hydrogen-bond donors (Lipinski definition) is 1. The molecule has 2 heterocycles. The van der Waals surface area contributed by atoms with Crippen LogP contribution in [-0.2, 0) is 11.2 Å². The Morgan fingerprint density at radius 2 is 1.95 bits per heavy atom. The molecule has 1 aromatic carbocycles. The van der Waals surface area contributed by atoms with Crippen LogP contribution in [0.4, 0.5) is 0 Å². The molecular weight excluding hydrogens is 280 g/mol. The van der Waals surface area contributed by atoms with Crippen LogP contribution in [0.1, 0.15) is 11.1 Å². The molecule has 110 valence electrons. The minimum absolute atomic E-state index is 0.0129. The van der Waals surface area contributed by atoms with Crippen LogP contribution in [-0.4, -0.2) is 30.8 Å². The smallest absolute Gasteiger partial charge is 0.307 e. The molecule has 0 aliphatic carbocycles. The maximum absolute atomic E-state index is 10.8. The summed E-state index contributed by atoms with van der Waals surface area (Å²) in [6, 6.07) is 9.51. The van der Waals surface area contributed by atoms with Crippen LogP contribution in [0.25, 0.3) is 16.9 Å². The first-order valence-electron chi connectivity index (χ1n) is 6.76. The Balaban J connectivity index is 1.96. The van der Waals surface area contributed by atoms with Gasteiger partial charge in [-0.25, -0.2) is 4.98 Å². The number of carboxylic acids is 1.